The van der Waals surface area contributed by atoms with E-state index < -0.39 is 0 Å². The highest BCUT2D eigenvalue weighted by atomic mass is 16.5. The molecule has 26 heavy (non-hydrogen) atoms. The summed E-state index contributed by atoms with van der Waals surface area (Å²) in [6, 6.07) is 10.6. The summed E-state index contributed by atoms with van der Waals surface area (Å²) in [4.78, 5) is 9.48. The first-order valence-electron chi connectivity index (χ1n) is 9.82. The van der Waals surface area contributed by atoms with E-state index in [1.807, 2.05) is 0 Å². The van der Waals surface area contributed by atoms with Crippen molar-refractivity contribution in [2.24, 2.45) is 4.99 Å². The number of hydrogen-bond donors (Lipinski definition) is 2. The van der Waals surface area contributed by atoms with Crippen molar-refractivity contribution in [2.75, 3.05) is 66.1 Å². The molecule has 146 valence electrons. The Morgan fingerprint density at radius 3 is 2.69 bits per heavy atom. The molecule has 1 aliphatic rings. The number of nitrogens with one attached hydrogen (secondary N) is 2. The third-order valence-electron chi connectivity index (χ3n) is 4.43. The van der Waals surface area contributed by atoms with Crippen LogP contribution in [0.15, 0.2) is 35.3 Å². The van der Waals surface area contributed by atoms with Crippen LogP contribution in [0, 0.1) is 0 Å². The van der Waals surface area contributed by atoms with Crippen LogP contribution in [0.25, 0.3) is 0 Å². The summed E-state index contributed by atoms with van der Waals surface area (Å²) in [5.41, 5.74) is 1.35. The minimum Gasteiger partial charge on any atom is -0.379 e. The molecule has 6 heteroatoms. The van der Waals surface area contributed by atoms with Crippen molar-refractivity contribution in [1.29, 1.82) is 0 Å². The van der Waals surface area contributed by atoms with Crippen LogP contribution >= 0.6 is 0 Å². The van der Waals surface area contributed by atoms with E-state index in [4.69, 9.17) is 9.73 Å². The Kier molecular flexibility index (Phi) is 10.1. The minimum atomic E-state index is 0.854. The summed E-state index contributed by atoms with van der Waals surface area (Å²) >= 11 is 0. The number of nitrogens with zero attached hydrogens (tertiary/aromatic N) is 3. The van der Waals surface area contributed by atoms with Gasteiger partial charge in [-0.1, -0.05) is 30.3 Å². The average Bonchev–Trinajstić information content (AvgIpc) is 2.67. The number of aliphatic imine (C=N–C) groups is 1. The maximum atomic E-state index is 5.38. The molecular formula is C20H35N5O. The molecule has 1 aromatic carbocycles. The van der Waals surface area contributed by atoms with E-state index in [-0.39, 0.29) is 0 Å². The lowest BCUT2D eigenvalue weighted by Gasteiger charge is -2.26. The molecule has 1 heterocycles. The molecule has 0 unspecified atom stereocenters. The van der Waals surface area contributed by atoms with Crippen LogP contribution in [-0.2, 0) is 11.3 Å². The molecule has 1 aromatic rings. The normalized spacial score (nSPS) is 16.0. The van der Waals surface area contributed by atoms with Crippen LogP contribution in [0.1, 0.15) is 18.9 Å². The summed E-state index contributed by atoms with van der Waals surface area (Å²) in [6.07, 6.45) is 1.09. The van der Waals surface area contributed by atoms with Gasteiger partial charge in [0.05, 0.1) is 13.2 Å². The molecule has 1 saturated heterocycles. The van der Waals surface area contributed by atoms with Crippen molar-refractivity contribution < 1.29 is 4.74 Å². The number of morpholine rings is 1. The fourth-order valence-corrected chi connectivity index (χ4v) is 2.99. The van der Waals surface area contributed by atoms with Crippen molar-refractivity contribution in [3.63, 3.8) is 0 Å². The van der Waals surface area contributed by atoms with E-state index >= 15 is 0 Å². The number of ether oxygens (including phenoxy) is 1. The Hall–Kier alpha value is -1.63. The van der Waals surface area contributed by atoms with E-state index in [0.29, 0.717) is 0 Å². The topological polar surface area (TPSA) is 52.1 Å². The maximum absolute atomic E-state index is 5.38. The largest absolute Gasteiger partial charge is 0.379 e. The standard InChI is InChI=1S/C20H35N5O/c1-3-21-20(22-10-7-12-25-14-16-26-17-15-25)23-11-13-24(2)18-19-8-5-4-6-9-19/h4-6,8-9H,3,7,10-18H2,1-2H3,(H2,21,22,23). The van der Waals surface area contributed by atoms with E-state index in [0.717, 1.165) is 78.0 Å². The lowest BCUT2D eigenvalue weighted by Crippen LogP contribution is -2.41. The van der Waals surface area contributed by atoms with E-state index in [1.54, 1.807) is 0 Å². The Morgan fingerprint density at radius 1 is 1.19 bits per heavy atom. The lowest BCUT2D eigenvalue weighted by atomic mass is 10.2. The number of rotatable bonds is 10. The first-order chi connectivity index (χ1) is 12.8. The number of likely N-dealkylation sites (N-methyl/N-ethyl adjacent to an activating group) is 1. The molecule has 0 atom stereocenters. The molecule has 0 radical (unpaired) electrons. The summed E-state index contributed by atoms with van der Waals surface area (Å²) < 4.78 is 5.38. The predicted molar refractivity (Wildman–Crippen MR) is 109 cm³/mol. The van der Waals surface area contributed by atoms with Crippen molar-refractivity contribution in [2.45, 2.75) is 19.9 Å². The molecule has 1 fully saturated rings. The third-order valence-corrected chi connectivity index (χ3v) is 4.43. The van der Waals surface area contributed by atoms with Gasteiger partial charge in [-0.3, -0.25) is 9.89 Å². The van der Waals surface area contributed by atoms with Crippen LogP contribution < -0.4 is 10.6 Å². The quantitative estimate of drug-likeness (QED) is 0.375. The molecule has 2 N–H and O–H groups in total. The summed E-state index contributed by atoms with van der Waals surface area (Å²) in [6.45, 7) is 11.6. The zero-order chi connectivity index (χ0) is 18.5. The molecule has 0 amide bonds. The molecular weight excluding hydrogens is 326 g/mol. The van der Waals surface area contributed by atoms with E-state index in [9.17, 15) is 0 Å². The van der Waals surface area contributed by atoms with Gasteiger partial charge in [0.1, 0.15) is 0 Å². The highest BCUT2D eigenvalue weighted by Crippen LogP contribution is 2.01. The van der Waals surface area contributed by atoms with Gasteiger partial charge in [-0.15, -0.1) is 0 Å². The Labute approximate surface area is 158 Å². The highest BCUT2D eigenvalue weighted by molar-refractivity contribution is 5.79. The van der Waals surface area contributed by atoms with Crippen molar-refractivity contribution >= 4 is 5.96 Å². The smallest absolute Gasteiger partial charge is 0.191 e. The predicted octanol–water partition coefficient (Wildman–Crippen LogP) is 1.40. The molecule has 0 saturated carbocycles. The highest BCUT2D eigenvalue weighted by Gasteiger charge is 2.09. The molecule has 0 spiro atoms. The molecule has 0 aliphatic carbocycles. The average molecular weight is 362 g/mol. The van der Waals surface area contributed by atoms with Crippen molar-refractivity contribution in [3.8, 4) is 0 Å². The molecule has 0 aromatic heterocycles. The van der Waals surface area contributed by atoms with Gasteiger partial charge >= 0.3 is 0 Å². The molecule has 1 aliphatic heterocycles. The van der Waals surface area contributed by atoms with Gasteiger partial charge in [0.25, 0.3) is 0 Å². The molecule has 0 bridgehead atoms. The van der Waals surface area contributed by atoms with Crippen LogP contribution in [0.5, 0.6) is 0 Å². The maximum Gasteiger partial charge on any atom is 0.191 e. The Morgan fingerprint density at radius 2 is 1.96 bits per heavy atom. The van der Waals surface area contributed by atoms with Crippen LogP contribution in [-0.4, -0.2) is 81.8 Å². The van der Waals surface area contributed by atoms with Crippen LogP contribution in [0.4, 0.5) is 0 Å². The zero-order valence-corrected chi connectivity index (χ0v) is 16.4. The SMILES string of the molecule is CCNC(=NCCCN1CCOCC1)NCCN(C)Cc1ccccc1. The Balaban J connectivity index is 1.62. The fourth-order valence-electron chi connectivity index (χ4n) is 2.99. The number of hydrogen-bond acceptors (Lipinski definition) is 4. The molecule has 6 nitrogen and oxygen atoms in total. The summed E-state index contributed by atoms with van der Waals surface area (Å²) in [5.74, 6) is 0.919. The first-order valence-corrected chi connectivity index (χ1v) is 9.82. The van der Waals surface area contributed by atoms with Gasteiger partial charge in [0, 0.05) is 52.4 Å². The number of guanidine groups is 1. The van der Waals surface area contributed by atoms with E-state index in [1.165, 1.54) is 5.56 Å². The second kappa shape index (κ2) is 12.7. The van der Waals surface area contributed by atoms with Gasteiger partial charge in [-0.05, 0) is 26.0 Å². The first kappa shape index (κ1) is 20.7. The van der Waals surface area contributed by atoms with Crippen molar-refractivity contribution in [3.05, 3.63) is 35.9 Å². The lowest BCUT2D eigenvalue weighted by molar-refractivity contribution is 0.0377. The minimum absolute atomic E-state index is 0.854. The van der Waals surface area contributed by atoms with Crippen LogP contribution in [0.3, 0.4) is 0 Å². The van der Waals surface area contributed by atoms with Gasteiger partial charge in [-0.2, -0.15) is 0 Å². The Bertz CT molecular complexity index is 502. The summed E-state index contributed by atoms with van der Waals surface area (Å²) in [7, 11) is 2.15. The van der Waals surface area contributed by atoms with Gasteiger partial charge in [-0.25, -0.2) is 0 Å². The van der Waals surface area contributed by atoms with Gasteiger partial charge < -0.3 is 20.3 Å². The number of benzene rings is 1. The van der Waals surface area contributed by atoms with Crippen LogP contribution in [0.2, 0.25) is 0 Å². The third kappa shape index (κ3) is 8.65. The second-order valence-corrected chi connectivity index (χ2v) is 6.72. The van der Waals surface area contributed by atoms with Gasteiger partial charge in [0.15, 0.2) is 5.96 Å². The van der Waals surface area contributed by atoms with Gasteiger partial charge in [0.2, 0.25) is 0 Å². The fraction of sp³-hybridized carbons (Fsp3) is 0.650. The summed E-state index contributed by atoms with van der Waals surface area (Å²) in [5, 5.41) is 6.77. The van der Waals surface area contributed by atoms with E-state index in [2.05, 4.69) is 64.7 Å². The van der Waals surface area contributed by atoms with Crippen molar-refractivity contribution in [1.82, 2.24) is 20.4 Å². The zero-order valence-electron chi connectivity index (χ0n) is 16.4. The second-order valence-electron chi connectivity index (χ2n) is 6.72. The molecule has 2 rings (SSSR count). The monoisotopic (exact) mass is 361 g/mol.